The van der Waals surface area contributed by atoms with Crippen molar-refractivity contribution in [2.45, 2.75) is 0 Å². The largest absolute Gasteiger partial charge is 0.248 e. The fraction of sp³-hybridized carbons (Fsp3) is 0. The summed E-state index contributed by atoms with van der Waals surface area (Å²) in [4.78, 5) is 15.4. The van der Waals surface area contributed by atoms with Crippen LogP contribution < -0.4 is 0 Å². The first-order valence-corrected chi connectivity index (χ1v) is 16.9. The monoisotopic (exact) mass is 637 g/mol. The molecule has 0 fully saturated rings. The highest BCUT2D eigenvalue weighted by Gasteiger charge is 2.16. The maximum absolute atomic E-state index is 5.20. The molecular weight excluding hydrogens is 607 g/mol. The van der Waals surface area contributed by atoms with Crippen LogP contribution in [0.15, 0.2) is 188 Å². The minimum Gasteiger partial charge on any atom is -0.248 e. The van der Waals surface area contributed by atoms with E-state index in [9.17, 15) is 0 Å². The standard InChI is InChI=1S/C47H31N3/c1-5-13-32(14-6-1)33-21-24-37(25-22-33)44-31-45(50-47(49-44)38-19-11-4-12-20-38)39-26-23-35-27-28-42-46(40(35)29-39)41(34-15-7-2-8-16-34)30-43(48-42)36-17-9-3-10-18-36/h1-31H. The van der Waals surface area contributed by atoms with Crippen LogP contribution in [-0.4, -0.2) is 15.0 Å². The van der Waals surface area contributed by atoms with Gasteiger partial charge in [-0.1, -0.05) is 164 Å². The topological polar surface area (TPSA) is 38.7 Å². The fourth-order valence-corrected chi connectivity index (χ4v) is 6.74. The van der Waals surface area contributed by atoms with E-state index in [1.54, 1.807) is 0 Å². The molecule has 0 N–H and O–H groups in total. The molecule has 0 amide bonds. The Morgan fingerprint density at radius 3 is 1.42 bits per heavy atom. The minimum absolute atomic E-state index is 0.697. The third-order valence-corrected chi connectivity index (χ3v) is 9.29. The predicted molar refractivity (Wildman–Crippen MR) is 207 cm³/mol. The number of rotatable bonds is 6. The molecule has 0 aliphatic carbocycles. The van der Waals surface area contributed by atoms with E-state index in [0.29, 0.717) is 5.82 Å². The number of nitrogens with zero attached hydrogens (tertiary/aromatic N) is 3. The molecule has 0 bridgehead atoms. The lowest BCUT2D eigenvalue weighted by Crippen LogP contribution is -1.96. The van der Waals surface area contributed by atoms with Crippen LogP contribution in [0.25, 0.3) is 89.1 Å². The Labute approximate surface area is 291 Å². The summed E-state index contributed by atoms with van der Waals surface area (Å²) < 4.78 is 0. The highest BCUT2D eigenvalue weighted by atomic mass is 14.9. The molecule has 50 heavy (non-hydrogen) atoms. The quantitative estimate of drug-likeness (QED) is 0.170. The maximum Gasteiger partial charge on any atom is 0.160 e. The second-order valence-electron chi connectivity index (χ2n) is 12.5. The van der Waals surface area contributed by atoms with Crippen molar-refractivity contribution in [3.63, 3.8) is 0 Å². The Kier molecular flexibility index (Phi) is 7.49. The van der Waals surface area contributed by atoms with E-state index < -0.39 is 0 Å². The second-order valence-corrected chi connectivity index (χ2v) is 12.5. The van der Waals surface area contributed by atoms with Gasteiger partial charge in [0, 0.05) is 27.6 Å². The van der Waals surface area contributed by atoms with Gasteiger partial charge in [-0.2, -0.15) is 0 Å². The molecule has 0 unspecified atom stereocenters. The average Bonchev–Trinajstić information content (AvgIpc) is 3.21. The van der Waals surface area contributed by atoms with E-state index >= 15 is 0 Å². The van der Waals surface area contributed by atoms with Gasteiger partial charge in [0.25, 0.3) is 0 Å². The van der Waals surface area contributed by atoms with Gasteiger partial charge in [0.05, 0.1) is 22.6 Å². The third-order valence-electron chi connectivity index (χ3n) is 9.29. The van der Waals surface area contributed by atoms with Crippen LogP contribution >= 0.6 is 0 Å². The molecule has 0 radical (unpaired) electrons. The summed E-state index contributed by atoms with van der Waals surface area (Å²) in [6.07, 6.45) is 0. The zero-order chi connectivity index (χ0) is 33.3. The van der Waals surface area contributed by atoms with E-state index in [1.165, 1.54) is 11.1 Å². The molecule has 7 aromatic carbocycles. The number of fused-ring (bicyclic) bond motifs is 3. The zero-order valence-corrected chi connectivity index (χ0v) is 27.2. The Bertz CT molecular complexity index is 2600. The van der Waals surface area contributed by atoms with Crippen LogP contribution in [0.2, 0.25) is 0 Å². The van der Waals surface area contributed by atoms with Crippen LogP contribution in [0.5, 0.6) is 0 Å². The van der Waals surface area contributed by atoms with Gasteiger partial charge in [0.1, 0.15) is 0 Å². The smallest absolute Gasteiger partial charge is 0.160 e. The molecule has 3 heteroatoms. The Hall–Kier alpha value is -6.71. The summed E-state index contributed by atoms with van der Waals surface area (Å²) in [5, 5.41) is 3.42. The molecule has 0 aliphatic heterocycles. The van der Waals surface area contributed by atoms with E-state index in [2.05, 4.69) is 158 Å². The molecule has 3 nitrogen and oxygen atoms in total. The SMILES string of the molecule is c1ccc(-c2ccc(-c3cc(-c4ccc5ccc6nc(-c7ccccc7)cc(-c7ccccc7)c6c5c4)nc(-c4ccccc4)n3)cc2)cc1. The molecule has 0 saturated carbocycles. The Balaban J connectivity index is 1.23. The minimum atomic E-state index is 0.697. The van der Waals surface area contributed by atoms with Crippen molar-refractivity contribution < 1.29 is 0 Å². The van der Waals surface area contributed by atoms with Gasteiger partial charge >= 0.3 is 0 Å². The van der Waals surface area contributed by atoms with Gasteiger partial charge in [-0.05, 0) is 57.3 Å². The van der Waals surface area contributed by atoms with Crippen LogP contribution in [0, 0.1) is 0 Å². The molecule has 9 aromatic rings. The van der Waals surface area contributed by atoms with Crippen molar-refractivity contribution in [3.05, 3.63) is 188 Å². The fourth-order valence-electron chi connectivity index (χ4n) is 6.74. The molecular formula is C47H31N3. The van der Waals surface area contributed by atoms with Crippen molar-refractivity contribution in [2.75, 3.05) is 0 Å². The molecule has 0 atom stereocenters. The van der Waals surface area contributed by atoms with Gasteiger partial charge < -0.3 is 0 Å². The summed E-state index contributed by atoms with van der Waals surface area (Å²) >= 11 is 0. The lowest BCUT2D eigenvalue weighted by atomic mass is 9.93. The van der Waals surface area contributed by atoms with Crippen LogP contribution in [0.3, 0.4) is 0 Å². The zero-order valence-electron chi connectivity index (χ0n) is 27.2. The molecule has 9 rings (SSSR count). The number of hydrogen-bond donors (Lipinski definition) is 0. The number of aromatic nitrogens is 3. The maximum atomic E-state index is 5.20. The summed E-state index contributed by atoms with van der Waals surface area (Å²) in [6, 6.07) is 65.6. The van der Waals surface area contributed by atoms with E-state index in [4.69, 9.17) is 15.0 Å². The lowest BCUT2D eigenvalue weighted by molar-refractivity contribution is 1.18. The number of hydrogen-bond acceptors (Lipinski definition) is 3. The van der Waals surface area contributed by atoms with E-state index in [-0.39, 0.29) is 0 Å². The summed E-state index contributed by atoms with van der Waals surface area (Å²) in [7, 11) is 0. The van der Waals surface area contributed by atoms with Crippen molar-refractivity contribution in [1.29, 1.82) is 0 Å². The Morgan fingerprint density at radius 2 is 0.760 bits per heavy atom. The second kappa shape index (κ2) is 12.7. The highest BCUT2D eigenvalue weighted by Crippen LogP contribution is 2.38. The van der Waals surface area contributed by atoms with E-state index in [0.717, 1.165) is 72.1 Å². The molecule has 0 spiro atoms. The van der Waals surface area contributed by atoms with Crippen LogP contribution in [0.4, 0.5) is 0 Å². The highest BCUT2D eigenvalue weighted by molar-refractivity contribution is 6.14. The molecule has 2 heterocycles. The van der Waals surface area contributed by atoms with Crippen molar-refractivity contribution in [1.82, 2.24) is 15.0 Å². The average molecular weight is 638 g/mol. The Morgan fingerprint density at radius 1 is 0.300 bits per heavy atom. The normalized spacial score (nSPS) is 11.2. The first-order valence-electron chi connectivity index (χ1n) is 16.9. The number of benzene rings is 7. The van der Waals surface area contributed by atoms with Crippen molar-refractivity contribution in [2.24, 2.45) is 0 Å². The number of pyridine rings is 1. The molecule has 2 aromatic heterocycles. The summed E-state index contributed by atoms with van der Waals surface area (Å²) in [6.45, 7) is 0. The van der Waals surface area contributed by atoms with Gasteiger partial charge in [-0.3, -0.25) is 0 Å². The van der Waals surface area contributed by atoms with Gasteiger partial charge in [0.15, 0.2) is 5.82 Å². The van der Waals surface area contributed by atoms with Crippen LogP contribution in [-0.2, 0) is 0 Å². The molecule has 0 saturated heterocycles. The molecule has 0 aliphatic rings. The third kappa shape index (κ3) is 5.61. The first-order chi connectivity index (χ1) is 24.8. The first kappa shape index (κ1) is 29.4. The van der Waals surface area contributed by atoms with Crippen molar-refractivity contribution >= 4 is 21.7 Å². The predicted octanol–water partition coefficient (Wildman–Crippen LogP) is 12.2. The van der Waals surface area contributed by atoms with Crippen LogP contribution in [0.1, 0.15) is 0 Å². The summed E-state index contributed by atoms with van der Waals surface area (Å²) in [5.41, 5.74) is 12.5. The summed E-state index contributed by atoms with van der Waals surface area (Å²) in [5.74, 6) is 0.697. The van der Waals surface area contributed by atoms with E-state index in [1.807, 2.05) is 30.3 Å². The lowest BCUT2D eigenvalue weighted by Gasteiger charge is -2.14. The van der Waals surface area contributed by atoms with Gasteiger partial charge in [-0.15, -0.1) is 0 Å². The molecule has 234 valence electrons. The van der Waals surface area contributed by atoms with Crippen molar-refractivity contribution in [3.8, 4) is 67.4 Å². The van der Waals surface area contributed by atoms with Gasteiger partial charge in [-0.25, -0.2) is 15.0 Å². The van der Waals surface area contributed by atoms with Gasteiger partial charge in [0.2, 0.25) is 0 Å².